The number of nitriles is 1. The quantitative estimate of drug-likeness (QED) is 0.387. The Hall–Kier alpha value is -3.30. The normalized spacial score (nSPS) is 10.8. The van der Waals surface area contributed by atoms with Crippen LogP contribution in [0.1, 0.15) is 16.9 Å². The van der Waals surface area contributed by atoms with Gasteiger partial charge in [-0.1, -0.05) is 42.1 Å². The average molecular weight is 373 g/mol. The molecular weight excluding hydrogens is 358 g/mol. The third kappa shape index (κ3) is 3.50. The molecule has 0 radical (unpaired) electrons. The van der Waals surface area contributed by atoms with Gasteiger partial charge in [0.05, 0.1) is 35.3 Å². The Bertz CT molecular complexity index is 1190. The zero-order valence-corrected chi connectivity index (χ0v) is 15.1. The highest BCUT2D eigenvalue weighted by Gasteiger charge is 2.14. The molecule has 2 aromatic carbocycles. The lowest BCUT2D eigenvalue weighted by molar-refractivity contribution is 0.476. The lowest BCUT2D eigenvalue weighted by Gasteiger charge is -2.12. The molecule has 0 aliphatic rings. The third-order valence-electron chi connectivity index (χ3n) is 4.22. The van der Waals surface area contributed by atoms with Gasteiger partial charge in [0.1, 0.15) is 5.76 Å². The second-order valence-electron chi connectivity index (χ2n) is 5.94. The van der Waals surface area contributed by atoms with Crippen molar-refractivity contribution in [2.24, 2.45) is 0 Å². The molecule has 2 aromatic heterocycles. The summed E-state index contributed by atoms with van der Waals surface area (Å²) in [7, 11) is 0. The first-order valence-corrected chi connectivity index (χ1v) is 9.37. The predicted molar refractivity (Wildman–Crippen MR) is 105 cm³/mol. The van der Waals surface area contributed by atoms with E-state index in [9.17, 15) is 10.1 Å². The number of thioether (sulfide) groups is 1. The number of nitrogens with zero attached hydrogens (tertiary/aromatic N) is 3. The van der Waals surface area contributed by atoms with Crippen molar-refractivity contribution < 1.29 is 4.42 Å². The van der Waals surface area contributed by atoms with E-state index in [1.807, 2.05) is 42.5 Å². The van der Waals surface area contributed by atoms with Gasteiger partial charge >= 0.3 is 0 Å². The zero-order chi connectivity index (χ0) is 18.6. The van der Waals surface area contributed by atoms with Crippen LogP contribution in [0.4, 0.5) is 0 Å². The van der Waals surface area contributed by atoms with Crippen LogP contribution in [0, 0.1) is 11.3 Å². The molecule has 0 spiro atoms. The van der Waals surface area contributed by atoms with Crippen molar-refractivity contribution in [1.82, 2.24) is 9.55 Å². The van der Waals surface area contributed by atoms with Gasteiger partial charge in [-0.15, -0.1) is 0 Å². The van der Waals surface area contributed by atoms with E-state index in [0.29, 0.717) is 39.7 Å². The molecule has 132 valence electrons. The average Bonchev–Trinajstić information content (AvgIpc) is 3.22. The largest absolute Gasteiger partial charge is 0.467 e. The van der Waals surface area contributed by atoms with Gasteiger partial charge in [0.2, 0.25) is 0 Å². The van der Waals surface area contributed by atoms with E-state index in [2.05, 4.69) is 11.1 Å². The molecule has 27 heavy (non-hydrogen) atoms. The molecule has 4 rings (SSSR count). The number of aromatic nitrogens is 2. The van der Waals surface area contributed by atoms with E-state index in [-0.39, 0.29) is 5.56 Å². The van der Waals surface area contributed by atoms with Crippen LogP contribution < -0.4 is 5.56 Å². The van der Waals surface area contributed by atoms with E-state index in [0.717, 1.165) is 5.56 Å². The molecule has 0 bridgehead atoms. The highest BCUT2D eigenvalue weighted by Crippen LogP contribution is 2.24. The van der Waals surface area contributed by atoms with Crippen molar-refractivity contribution in [3.8, 4) is 6.07 Å². The fourth-order valence-corrected chi connectivity index (χ4v) is 3.86. The summed E-state index contributed by atoms with van der Waals surface area (Å²) in [4.78, 5) is 17.7. The summed E-state index contributed by atoms with van der Waals surface area (Å²) < 4.78 is 7.04. The molecule has 0 fully saturated rings. The van der Waals surface area contributed by atoms with Gasteiger partial charge in [0.25, 0.3) is 5.56 Å². The van der Waals surface area contributed by atoms with Crippen LogP contribution in [0.5, 0.6) is 0 Å². The minimum atomic E-state index is -0.104. The van der Waals surface area contributed by atoms with E-state index in [4.69, 9.17) is 4.42 Å². The first-order valence-electron chi connectivity index (χ1n) is 8.39. The minimum absolute atomic E-state index is 0.104. The molecule has 0 aliphatic heterocycles. The molecule has 4 aromatic rings. The van der Waals surface area contributed by atoms with Gasteiger partial charge in [-0.25, -0.2) is 4.98 Å². The standard InChI is InChI=1S/C21H15N3O2S/c22-12-15-6-1-2-7-16(15)14-27-21-23-19-10-4-3-9-18(19)20(25)24(21)13-17-8-5-11-26-17/h1-11H,13-14H2. The zero-order valence-electron chi connectivity index (χ0n) is 14.3. The minimum Gasteiger partial charge on any atom is -0.467 e. The molecule has 5 nitrogen and oxygen atoms in total. The maximum atomic E-state index is 13.0. The Labute approximate surface area is 159 Å². The molecule has 0 atom stereocenters. The Balaban J connectivity index is 1.76. The number of fused-ring (bicyclic) bond motifs is 1. The van der Waals surface area contributed by atoms with Crippen molar-refractivity contribution in [3.05, 3.63) is 94.2 Å². The first kappa shape index (κ1) is 17.1. The first-order chi connectivity index (χ1) is 13.3. The Morgan fingerprint density at radius 1 is 1.07 bits per heavy atom. The number of hydrogen-bond acceptors (Lipinski definition) is 5. The third-order valence-corrected chi connectivity index (χ3v) is 5.24. The Morgan fingerprint density at radius 3 is 2.70 bits per heavy atom. The molecule has 0 aliphatic carbocycles. The fraction of sp³-hybridized carbons (Fsp3) is 0.0952. The molecule has 2 heterocycles. The molecule has 0 unspecified atom stereocenters. The number of para-hydroxylation sites is 1. The van der Waals surface area contributed by atoms with Gasteiger partial charge in [0, 0.05) is 5.75 Å². The van der Waals surface area contributed by atoms with Crippen molar-refractivity contribution in [3.63, 3.8) is 0 Å². The van der Waals surface area contributed by atoms with Crippen molar-refractivity contribution in [2.75, 3.05) is 0 Å². The van der Waals surface area contributed by atoms with Crippen LogP contribution in [0.2, 0.25) is 0 Å². The molecule has 0 saturated carbocycles. The highest BCUT2D eigenvalue weighted by atomic mass is 32.2. The lowest BCUT2D eigenvalue weighted by Crippen LogP contribution is -2.23. The number of hydrogen-bond donors (Lipinski definition) is 0. The van der Waals surface area contributed by atoms with Gasteiger partial charge in [0.15, 0.2) is 5.16 Å². The summed E-state index contributed by atoms with van der Waals surface area (Å²) in [5, 5.41) is 10.5. The van der Waals surface area contributed by atoms with Gasteiger partial charge in [-0.05, 0) is 35.9 Å². The molecular formula is C21H15N3O2S. The highest BCUT2D eigenvalue weighted by molar-refractivity contribution is 7.98. The second-order valence-corrected chi connectivity index (χ2v) is 6.88. The van der Waals surface area contributed by atoms with Crippen LogP contribution in [0.25, 0.3) is 10.9 Å². The van der Waals surface area contributed by atoms with Crippen molar-refractivity contribution in [2.45, 2.75) is 17.5 Å². The van der Waals surface area contributed by atoms with Crippen LogP contribution in [-0.4, -0.2) is 9.55 Å². The predicted octanol–water partition coefficient (Wildman–Crippen LogP) is 4.20. The summed E-state index contributed by atoms with van der Waals surface area (Å²) in [6.45, 7) is 0.311. The van der Waals surface area contributed by atoms with Crippen LogP contribution in [-0.2, 0) is 12.3 Å². The van der Waals surface area contributed by atoms with E-state index in [1.165, 1.54) is 11.8 Å². The summed E-state index contributed by atoms with van der Waals surface area (Å²) in [6.07, 6.45) is 1.59. The summed E-state index contributed by atoms with van der Waals surface area (Å²) >= 11 is 1.44. The maximum absolute atomic E-state index is 13.0. The van der Waals surface area contributed by atoms with Crippen molar-refractivity contribution >= 4 is 22.7 Å². The smallest absolute Gasteiger partial charge is 0.262 e. The van der Waals surface area contributed by atoms with Crippen LogP contribution in [0.3, 0.4) is 0 Å². The van der Waals surface area contributed by atoms with E-state index >= 15 is 0 Å². The second kappa shape index (κ2) is 7.52. The van der Waals surface area contributed by atoms with Gasteiger partial charge in [-0.3, -0.25) is 9.36 Å². The SMILES string of the molecule is N#Cc1ccccc1CSc1nc2ccccc2c(=O)n1Cc1ccco1. The number of rotatable bonds is 5. The summed E-state index contributed by atoms with van der Waals surface area (Å²) in [5.41, 5.74) is 2.10. The molecule has 0 N–H and O–H groups in total. The van der Waals surface area contributed by atoms with Crippen molar-refractivity contribution in [1.29, 1.82) is 5.26 Å². The summed E-state index contributed by atoms with van der Waals surface area (Å²) in [5.74, 6) is 1.24. The molecule has 0 amide bonds. The fourth-order valence-electron chi connectivity index (χ4n) is 2.85. The topological polar surface area (TPSA) is 71.8 Å². The maximum Gasteiger partial charge on any atom is 0.262 e. The number of furan rings is 1. The van der Waals surface area contributed by atoms with E-state index < -0.39 is 0 Å². The lowest BCUT2D eigenvalue weighted by atomic mass is 10.1. The van der Waals surface area contributed by atoms with Gasteiger partial charge in [-0.2, -0.15) is 5.26 Å². The Kier molecular flexibility index (Phi) is 4.77. The Morgan fingerprint density at radius 2 is 1.89 bits per heavy atom. The number of benzene rings is 2. The molecule has 6 heteroatoms. The van der Waals surface area contributed by atoms with Gasteiger partial charge < -0.3 is 4.42 Å². The van der Waals surface area contributed by atoms with Crippen LogP contribution >= 0.6 is 11.8 Å². The monoisotopic (exact) mass is 373 g/mol. The van der Waals surface area contributed by atoms with E-state index in [1.54, 1.807) is 29.0 Å². The molecule has 0 saturated heterocycles. The van der Waals surface area contributed by atoms with Crippen LogP contribution in [0.15, 0.2) is 81.3 Å². The summed E-state index contributed by atoms with van der Waals surface area (Å²) in [6, 6.07) is 20.6.